The maximum Gasteiger partial charge on any atom is 0.175 e. The van der Waals surface area contributed by atoms with Crippen LogP contribution in [0.15, 0.2) is 42.7 Å². The average molecular weight is 419 g/mol. The van der Waals surface area contributed by atoms with Gasteiger partial charge in [-0.15, -0.1) is 10.2 Å². The summed E-state index contributed by atoms with van der Waals surface area (Å²) in [4.78, 5) is 4.80. The first kappa shape index (κ1) is 18.8. The van der Waals surface area contributed by atoms with E-state index in [4.69, 9.17) is 0 Å². The Morgan fingerprint density at radius 2 is 1.74 bits per heavy atom. The molecule has 1 saturated carbocycles. The zero-order valence-corrected chi connectivity index (χ0v) is 17.8. The van der Waals surface area contributed by atoms with Crippen molar-refractivity contribution in [3.8, 4) is 5.82 Å². The highest BCUT2D eigenvalue weighted by atomic mass is 19.1. The SMILES string of the molecule is Cc1cnn(-c2ccc(N3CCC(N4CC(C5CC5)c5ccc(F)cc54)CC3)nn2)c1. The molecule has 0 bridgehead atoms. The summed E-state index contributed by atoms with van der Waals surface area (Å²) in [5, 5.41) is 13.1. The van der Waals surface area contributed by atoms with E-state index in [0.29, 0.717) is 12.0 Å². The van der Waals surface area contributed by atoms with Crippen LogP contribution in [0.3, 0.4) is 0 Å². The molecular formula is C24H27FN6. The maximum absolute atomic E-state index is 14.0. The Balaban J connectivity index is 1.14. The maximum atomic E-state index is 14.0. The van der Waals surface area contributed by atoms with Crippen LogP contribution in [0.1, 0.15) is 42.7 Å². The van der Waals surface area contributed by atoms with Gasteiger partial charge < -0.3 is 9.80 Å². The first-order chi connectivity index (χ1) is 15.2. The zero-order chi connectivity index (χ0) is 20.9. The van der Waals surface area contributed by atoms with Gasteiger partial charge in [0.25, 0.3) is 0 Å². The summed E-state index contributed by atoms with van der Waals surface area (Å²) in [6.07, 6.45) is 8.50. The third-order valence-corrected chi connectivity index (χ3v) is 7.10. The number of anilines is 2. The van der Waals surface area contributed by atoms with Crippen molar-refractivity contribution >= 4 is 11.5 Å². The Bertz CT molecular complexity index is 1080. The van der Waals surface area contributed by atoms with Crippen molar-refractivity contribution in [2.75, 3.05) is 29.4 Å². The van der Waals surface area contributed by atoms with Gasteiger partial charge in [-0.3, -0.25) is 0 Å². The van der Waals surface area contributed by atoms with E-state index in [1.54, 1.807) is 16.8 Å². The van der Waals surface area contributed by atoms with Crippen LogP contribution in [-0.2, 0) is 0 Å². The van der Waals surface area contributed by atoms with E-state index in [1.165, 1.54) is 18.4 Å². The molecule has 1 saturated heterocycles. The molecule has 31 heavy (non-hydrogen) atoms. The molecule has 3 aromatic rings. The van der Waals surface area contributed by atoms with Crippen molar-refractivity contribution in [3.63, 3.8) is 0 Å². The largest absolute Gasteiger partial charge is 0.367 e. The zero-order valence-electron chi connectivity index (χ0n) is 17.8. The summed E-state index contributed by atoms with van der Waals surface area (Å²) in [6.45, 7) is 4.94. The topological polar surface area (TPSA) is 50.1 Å². The van der Waals surface area contributed by atoms with Crippen LogP contribution in [-0.4, -0.2) is 45.7 Å². The van der Waals surface area contributed by atoms with Crippen LogP contribution in [0.4, 0.5) is 15.9 Å². The number of aryl methyl sites for hydroxylation is 1. The van der Waals surface area contributed by atoms with E-state index >= 15 is 0 Å². The molecule has 1 unspecified atom stereocenters. The molecule has 0 radical (unpaired) electrons. The van der Waals surface area contributed by atoms with Crippen LogP contribution in [0.5, 0.6) is 0 Å². The van der Waals surface area contributed by atoms with E-state index in [-0.39, 0.29) is 5.82 Å². The fourth-order valence-electron chi connectivity index (χ4n) is 5.29. The van der Waals surface area contributed by atoms with Crippen LogP contribution >= 0.6 is 0 Å². The van der Waals surface area contributed by atoms with Gasteiger partial charge >= 0.3 is 0 Å². The van der Waals surface area contributed by atoms with Gasteiger partial charge in [-0.2, -0.15) is 5.10 Å². The van der Waals surface area contributed by atoms with Gasteiger partial charge in [-0.1, -0.05) is 6.07 Å². The Morgan fingerprint density at radius 1 is 0.968 bits per heavy atom. The number of nitrogens with zero attached hydrogens (tertiary/aromatic N) is 6. The lowest BCUT2D eigenvalue weighted by Gasteiger charge is -2.38. The monoisotopic (exact) mass is 418 g/mol. The fourth-order valence-corrected chi connectivity index (χ4v) is 5.29. The normalized spacial score (nSPS) is 21.5. The number of fused-ring (bicyclic) bond motifs is 1. The third kappa shape index (κ3) is 3.46. The highest BCUT2D eigenvalue weighted by molar-refractivity contribution is 5.62. The van der Waals surface area contributed by atoms with Gasteiger partial charge in [0.05, 0.1) is 6.20 Å². The van der Waals surface area contributed by atoms with E-state index in [0.717, 1.165) is 61.3 Å². The van der Waals surface area contributed by atoms with E-state index in [2.05, 4.69) is 25.1 Å². The number of rotatable bonds is 4. The molecule has 1 aromatic carbocycles. The molecule has 0 N–H and O–H groups in total. The Kier molecular flexibility index (Phi) is 4.44. The van der Waals surface area contributed by atoms with Gasteiger partial charge in [-0.25, -0.2) is 9.07 Å². The summed E-state index contributed by atoms with van der Waals surface area (Å²) in [5.41, 5.74) is 3.59. The number of benzene rings is 1. The van der Waals surface area contributed by atoms with Gasteiger partial charge in [0.15, 0.2) is 11.6 Å². The van der Waals surface area contributed by atoms with Crippen molar-refractivity contribution in [3.05, 3.63) is 59.7 Å². The quantitative estimate of drug-likeness (QED) is 0.639. The van der Waals surface area contributed by atoms with Crippen LogP contribution in [0.2, 0.25) is 0 Å². The van der Waals surface area contributed by atoms with Crippen molar-refractivity contribution in [2.24, 2.45) is 5.92 Å². The molecule has 4 heterocycles. The minimum atomic E-state index is -0.125. The lowest BCUT2D eigenvalue weighted by atomic mass is 9.96. The third-order valence-electron chi connectivity index (χ3n) is 7.10. The summed E-state index contributed by atoms with van der Waals surface area (Å²) >= 11 is 0. The van der Waals surface area contributed by atoms with Crippen molar-refractivity contribution in [1.29, 1.82) is 0 Å². The van der Waals surface area contributed by atoms with Crippen LogP contribution in [0, 0.1) is 18.7 Å². The van der Waals surface area contributed by atoms with Gasteiger partial charge in [-0.05, 0) is 73.9 Å². The predicted molar refractivity (Wildman–Crippen MR) is 118 cm³/mol. The minimum Gasteiger partial charge on any atom is -0.367 e. The molecule has 3 aliphatic rings. The van der Waals surface area contributed by atoms with E-state index in [9.17, 15) is 4.39 Å². The second kappa shape index (κ2) is 7.32. The molecule has 6 nitrogen and oxygen atoms in total. The van der Waals surface area contributed by atoms with E-state index in [1.807, 2.05) is 37.5 Å². The van der Waals surface area contributed by atoms with Gasteiger partial charge in [0.1, 0.15) is 5.82 Å². The molecule has 2 fully saturated rings. The van der Waals surface area contributed by atoms with Crippen LogP contribution in [0.25, 0.3) is 5.82 Å². The second-order valence-corrected chi connectivity index (χ2v) is 9.23. The van der Waals surface area contributed by atoms with Gasteiger partial charge in [0, 0.05) is 43.5 Å². The average Bonchev–Trinajstić information content (AvgIpc) is 3.44. The molecule has 0 amide bonds. The number of piperidine rings is 1. The highest BCUT2D eigenvalue weighted by Gasteiger charge is 2.41. The molecular weight excluding hydrogens is 391 g/mol. The van der Waals surface area contributed by atoms with Crippen molar-refractivity contribution < 1.29 is 4.39 Å². The summed E-state index contributed by atoms with van der Waals surface area (Å²) in [7, 11) is 0. The smallest absolute Gasteiger partial charge is 0.175 e. The molecule has 2 aromatic heterocycles. The Hall–Kier alpha value is -2.96. The van der Waals surface area contributed by atoms with Gasteiger partial charge in [0.2, 0.25) is 0 Å². The Labute approximate surface area is 181 Å². The lowest BCUT2D eigenvalue weighted by Crippen LogP contribution is -2.45. The van der Waals surface area contributed by atoms with E-state index < -0.39 is 0 Å². The Morgan fingerprint density at radius 3 is 2.42 bits per heavy atom. The lowest BCUT2D eigenvalue weighted by molar-refractivity contribution is 0.456. The molecule has 1 aliphatic carbocycles. The first-order valence-electron chi connectivity index (χ1n) is 11.3. The number of aromatic nitrogens is 4. The summed E-state index contributed by atoms with van der Waals surface area (Å²) in [5.74, 6) is 2.89. The predicted octanol–water partition coefficient (Wildman–Crippen LogP) is 4.09. The second-order valence-electron chi connectivity index (χ2n) is 9.23. The minimum absolute atomic E-state index is 0.125. The fraction of sp³-hybridized carbons (Fsp3) is 0.458. The number of hydrogen-bond acceptors (Lipinski definition) is 5. The summed E-state index contributed by atoms with van der Waals surface area (Å²) in [6, 6.07) is 9.88. The molecule has 2 aliphatic heterocycles. The van der Waals surface area contributed by atoms with Crippen LogP contribution < -0.4 is 9.80 Å². The number of halogens is 1. The summed E-state index contributed by atoms with van der Waals surface area (Å²) < 4.78 is 15.8. The molecule has 1 atom stereocenters. The molecule has 0 spiro atoms. The standard InChI is InChI=1S/C24H27FN6/c1-16-13-26-31(14-16)24-7-6-23(27-28-24)29-10-8-19(9-11-29)30-15-21(17-2-3-17)20-5-4-18(25)12-22(20)30/h4-7,12-14,17,19,21H,2-3,8-11,15H2,1H3. The first-order valence-corrected chi connectivity index (χ1v) is 11.3. The highest BCUT2D eigenvalue weighted by Crippen LogP contribution is 2.50. The van der Waals surface area contributed by atoms with Crippen molar-refractivity contribution in [1.82, 2.24) is 20.0 Å². The van der Waals surface area contributed by atoms with Crippen molar-refractivity contribution in [2.45, 2.75) is 44.6 Å². The molecule has 160 valence electrons. The number of hydrogen-bond donors (Lipinski definition) is 0. The molecule has 6 rings (SSSR count). The molecule has 7 heteroatoms.